The van der Waals surface area contributed by atoms with Gasteiger partial charge in [0, 0.05) is 24.3 Å². The first-order valence-corrected chi connectivity index (χ1v) is 11.0. The van der Waals surface area contributed by atoms with Gasteiger partial charge in [0.05, 0.1) is 24.3 Å². The highest BCUT2D eigenvalue weighted by atomic mass is 16.7. The summed E-state index contributed by atoms with van der Waals surface area (Å²) in [7, 11) is 0. The number of hydroxylamine groups is 1. The van der Waals surface area contributed by atoms with Gasteiger partial charge in [-0.3, -0.25) is 4.84 Å². The third kappa shape index (κ3) is 6.43. The van der Waals surface area contributed by atoms with Gasteiger partial charge in [0.2, 0.25) is 0 Å². The molecule has 0 unspecified atom stereocenters. The second-order valence-corrected chi connectivity index (χ2v) is 7.49. The summed E-state index contributed by atoms with van der Waals surface area (Å²) in [5.41, 5.74) is 3.96. The maximum Gasteiger partial charge on any atom is 0.346 e. The van der Waals surface area contributed by atoms with Crippen LogP contribution in [0.2, 0.25) is 0 Å². The van der Waals surface area contributed by atoms with Crippen molar-refractivity contribution in [3.05, 3.63) is 72.7 Å². The van der Waals surface area contributed by atoms with Crippen molar-refractivity contribution in [2.24, 2.45) is 0 Å². The Hall–Kier alpha value is -3.12. The van der Waals surface area contributed by atoms with E-state index in [4.69, 9.17) is 4.84 Å². The number of para-hydroxylation sites is 1. The first kappa shape index (κ1) is 22.6. The second kappa shape index (κ2) is 11.9. The number of nitrogens with zero attached hydrogens (tertiary/aromatic N) is 3. The van der Waals surface area contributed by atoms with Gasteiger partial charge >= 0.3 is 6.03 Å². The Morgan fingerprint density at radius 2 is 1.74 bits per heavy atom. The molecule has 6 heteroatoms. The normalized spacial score (nSPS) is 10.8. The molecule has 6 nitrogen and oxygen atoms in total. The summed E-state index contributed by atoms with van der Waals surface area (Å²) in [5.74, 6) is 0. The summed E-state index contributed by atoms with van der Waals surface area (Å²) in [6, 6.07) is 19.4. The molecule has 0 bridgehead atoms. The Bertz CT molecular complexity index is 925. The van der Waals surface area contributed by atoms with Crippen molar-refractivity contribution in [1.82, 2.24) is 14.9 Å². The number of urea groups is 1. The number of benzene rings is 2. The maximum atomic E-state index is 12.7. The van der Waals surface area contributed by atoms with Gasteiger partial charge in [-0.15, -0.1) is 0 Å². The van der Waals surface area contributed by atoms with Crippen molar-refractivity contribution in [3.63, 3.8) is 0 Å². The van der Waals surface area contributed by atoms with E-state index in [0.29, 0.717) is 13.2 Å². The second-order valence-electron chi connectivity index (χ2n) is 7.49. The number of imidazole rings is 1. The van der Waals surface area contributed by atoms with Crippen molar-refractivity contribution >= 4 is 11.7 Å². The van der Waals surface area contributed by atoms with Crippen LogP contribution in [0.5, 0.6) is 0 Å². The molecule has 0 aliphatic carbocycles. The first-order valence-electron chi connectivity index (χ1n) is 11.0. The average Bonchev–Trinajstić information content (AvgIpc) is 3.18. The van der Waals surface area contributed by atoms with E-state index in [2.05, 4.69) is 40.8 Å². The smallest absolute Gasteiger partial charge is 0.336 e. The van der Waals surface area contributed by atoms with Gasteiger partial charge in [-0.2, -0.15) is 5.06 Å². The summed E-state index contributed by atoms with van der Waals surface area (Å²) in [4.78, 5) is 23.1. The molecular weight excluding hydrogens is 388 g/mol. The van der Waals surface area contributed by atoms with Crippen molar-refractivity contribution in [3.8, 4) is 11.3 Å². The van der Waals surface area contributed by atoms with E-state index in [-0.39, 0.29) is 6.03 Å². The lowest BCUT2D eigenvalue weighted by Crippen LogP contribution is -2.40. The quantitative estimate of drug-likeness (QED) is 0.325. The number of aryl methyl sites for hydroxylation is 1. The fourth-order valence-corrected chi connectivity index (χ4v) is 3.40. The Balaban J connectivity index is 1.55. The van der Waals surface area contributed by atoms with Crippen molar-refractivity contribution in [2.75, 3.05) is 18.2 Å². The molecule has 31 heavy (non-hydrogen) atoms. The molecule has 1 aromatic heterocycles. The minimum atomic E-state index is -0.229. The molecule has 2 aromatic carbocycles. The number of rotatable bonds is 11. The number of nitrogens with one attached hydrogen (secondary N) is 1. The Kier molecular flexibility index (Phi) is 8.67. The zero-order valence-corrected chi connectivity index (χ0v) is 18.5. The lowest BCUT2D eigenvalue weighted by molar-refractivity contribution is 0.112. The van der Waals surface area contributed by atoms with Gasteiger partial charge in [0.15, 0.2) is 0 Å². The Morgan fingerprint density at radius 3 is 2.45 bits per heavy atom. The minimum Gasteiger partial charge on any atom is -0.336 e. The molecule has 0 aliphatic heterocycles. The van der Waals surface area contributed by atoms with Gasteiger partial charge in [-0.1, -0.05) is 68.3 Å². The lowest BCUT2D eigenvalue weighted by atomic mass is 10.1. The molecule has 0 fully saturated rings. The monoisotopic (exact) mass is 420 g/mol. The van der Waals surface area contributed by atoms with Crippen LogP contribution in [0.4, 0.5) is 10.5 Å². The topological polar surface area (TPSA) is 59.4 Å². The van der Waals surface area contributed by atoms with Crippen molar-refractivity contribution in [2.45, 2.75) is 46.1 Å². The summed E-state index contributed by atoms with van der Waals surface area (Å²) in [6.07, 6.45) is 5.82. The zero-order valence-electron chi connectivity index (χ0n) is 18.5. The number of aromatic nitrogens is 2. The summed E-state index contributed by atoms with van der Waals surface area (Å²) in [6.45, 7) is 6.07. The van der Waals surface area contributed by atoms with Gasteiger partial charge in [-0.05, 0) is 31.9 Å². The van der Waals surface area contributed by atoms with Crippen LogP contribution in [-0.2, 0) is 11.4 Å². The van der Waals surface area contributed by atoms with E-state index >= 15 is 0 Å². The lowest BCUT2D eigenvalue weighted by Gasteiger charge is -2.22. The van der Waals surface area contributed by atoms with Crippen molar-refractivity contribution < 1.29 is 9.63 Å². The van der Waals surface area contributed by atoms with Gasteiger partial charge in [-0.25, -0.2) is 9.78 Å². The predicted octanol–water partition coefficient (Wildman–Crippen LogP) is 5.59. The molecule has 0 spiro atoms. The highest BCUT2D eigenvalue weighted by Gasteiger charge is 2.16. The molecule has 1 N–H and O–H groups in total. The highest BCUT2D eigenvalue weighted by molar-refractivity contribution is 5.89. The summed E-state index contributed by atoms with van der Waals surface area (Å²) < 4.78 is 2.13. The van der Waals surface area contributed by atoms with Crippen LogP contribution in [0.25, 0.3) is 11.3 Å². The van der Waals surface area contributed by atoms with Gasteiger partial charge in [0.1, 0.15) is 0 Å². The number of anilines is 1. The Morgan fingerprint density at radius 1 is 1.03 bits per heavy atom. The minimum absolute atomic E-state index is 0.229. The largest absolute Gasteiger partial charge is 0.346 e. The van der Waals surface area contributed by atoms with Crippen LogP contribution >= 0.6 is 0 Å². The third-order valence-corrected chi connectivity index (χ3v) is 5.14. The summed E-state index contributed by atoms with van der Waals surface area (Å²) >= 11 is 0. The standard InChI is InChI=1S/C25H32N4O2/c1-3-4-11-17-26-25(30)29(23-15-9-6-10-16-23)31-19-12-18-28-20-27-24(21(28)2)22-13-7-5-8-14-22/h5-10,13-16,20H,3-4,11-12,17-19H2,1-2H3,(H,26,30). The third-order valence-electron chi connectivity index (χ3n) is 5.14. The number of hydrogen-bond acceptors (Lipinski definition) is 3. The fraction of sp³-hybridized carbons (Fsp3) is 0.360. The molecule has 1 heterocycles. The number of unbranched alkanes of at least 4 members (excludes halogenated alkanes) is 2. The number of amides is 2. The molecule has 0 saturated heterocycles. The predicted molar refractivity (Wildman–Crippen MR) is 125 cm³/mol. The average molecular weight is 421 g/mol. The maximum absolute atomic E-state index is 12.7. The van der Waals surface area contributed by atoms with Crippen LogP contribution in [0.3, 0.4) is 0 Å². The molecule has 0 atom stereocenters. The van der Waals surface area contributed by atoms with E-state index < -0.39 is 0 Å². The van der Waals surface area contributed by atoms with E-state index in [0.717, 1.165) is 54.9 Å². The van der Waals surface area contributed by atoms with Crippen LogP contribution in [0.15, 0.2) is 67.0 Å². The van der Waals surface area contributed by atoms with Crippen LogP contribution in [0, 0.1) is 6.92 Å². The van der Waals surface area contributed by atoms with E-state index in [1.54, 1.807) is 0 Å². The van der Waals surface area contributed by atoms with Gasteiger partial charge < -0.3 is 9.88 Å². The van der Waals surface area contributed by atoms with E-state index in [1.165, 1.54) is 5.06 Å². The molecule has 3 rings (SSSR count). The number of carbonyl (C=O) groups excluding carboxylic acids is 1. The zero-order chi connectivity index (χ0) is 21.9. The number of carbonyl (C=O) groups is 1. The SMILES string of the molecule is CCCCCNC(=O)N(OCCCn1cnc(-c2ccccc2)c1C)c1ccccc1. The molecule has 0 saturated carbocycles. The van der Waals surface area contributed by atoms with Crippen LogP contribution in [-0.4, -0.2) is 28.7 Å². The number of hydrogen-bond donors (Lipinski definition) is 1. The summed E-state index contributed by atoms with van der Waals surface area (Å²) in [5, 5.41) is 4.32. The molecule has 2 amide bonds. The van der Waals surface area contributed by atoms with Crippen molar-refractivity contribution in [1.29, 1.82) is 0 Å². The molecule has 3 aromatic rings. The highest BCUT2D eigenvalue weighted by Crippen LogP contribution is 2.21. The van der Waals surface area contributed by atoms with Crippen LogP contribution in [0.1, 0.15) is 38.3 Å². The first-order chi connectivity index (χ1) is 15.2. The van der Waals surface area contributed by atoms with E-state index in [1.807, 2.05) is 54.9 Å². The molecular formula is C25H32N4O2. The molecule has 164 valence electrons. The Labute approximate surface area is 184 Å². The van der Waals surface area contributed by atoms with E-state index in [9.17, 15) is 4.79 Å². The molecule has 0 aliphatic rings. The van der Waals surface area contributed by atoms with Gasteiger partial charge in [0.25, 0.3) is 0 Å². The van der Waals surface area contributed by atoms with Crippen LogP contribution < -0.4 is 10.4 Å². The molecule has 0 radical (unpaired) electrons. The fourth-order valence-electron chi connectivity index (χ4n) is 3.40.